The number of hydrogen-bond donors (Lipinski definition) is 0. The van der Waals surface area contributed by atoms with E-state index in [9.17, 15) is 10.1 Å². The van der Waals surface area contributed by atoms with E-state index in [1.54, 1.807) is 18.2 Å². The van der Waals surface area contributed by atoms with E-state index in [0.29, 0.717) is 26.3 Å². The van der Waals surface area contributed by atoms with E-state index in [2.05, 4.69) is 4.99 Å². The molecule has 4 nitrogen and oxygen atoms in total. The molecule has 0 unspecified atom stereocenters. The maximum absolute atomic E-state index is 10.5. The third-order valence-electron chi connectivity index (χ3n) is 2.45. The number of benzene rings is 2. The average Bonchev–Trinajstić information content (AvgIpc) is 2.42. The van der Waals surface area contributed by atoms with Crippen LogP contribution >= 0.6 is 34.8 Å². The van der Waals surface area contributed by atoms with Crippen LogP contribution in [0.5, 0.6) is 0 Å². The maximum Gasteiger partial charge on any atom is 0.269 e. The van der Waals surface area contributed by atoms with Gasteiger partial charge in [0.05, 0.1) is 25.7 Å². The molecule has 0 radical (unpaired) electrons. The second-order valence-corrected chi connectivity index (χ2v) is 5.05. The molecule has 0 spiro atoms. The molecule has 0 N–H and O–H groups in total. The summed E-state index contributed by atoms with van der Waals surface area (Å²) < 4.78 is 0. The van der Waals surface area contributed by atoms with Gasteiger partial charge in [0.15, 0.2) is 0 Å². The van der Waals surface area contributed by atoms with Gasteiger partial charge in [-0.25, -0.2) is 0 Å². The Morgan fingerprint density at radius 1 is 1.00 bits per heavy atom. The molecule has 0 aliphatic heterocycles. The average molecular weight is 330 g/mol. The minimum Gasteiger partial charge on any atom is -0.258 e. The minimum absolute atomic E-state index is 0.0229. The fourth-order valence-electron chi connectivity index (χ4n) is 1.44. The molecular formula is C13H7Cl3N2O2. The molecule has 0 amide bonds. The van der Waals surface area contributed by atoms with Crippen LogP contribution in [0.2, 0.25) is 15.1 Å². The summed E-state index contributed by atoms with van der Waals surface area (Å²) >= 11 is 17.7. The van der Waals surface area contributed by atoms with Crippen molar-refractivity contribution in [1.82, 2.24) is 0 Å². The van der Waals surface area contributed by atoms with Crippen molar-refractivity contribution in [3.63, 3.8) is 0 Å². The van der Waals surface area contributed by atoms with Crippen molar-refractivity contribution in [3.05, 3.63) is 67.1 Å². The Hall–Kier alpha value is -1.62. The van der Waals surface area contributed by atoms with E-state index in [1.165, 1.54) is 24.4 Å². The van der Waals surface area contributed by atoms with E-state index in [4.69, 9.17) is 34.8 Å². The number of rotatable bonds is 3. The van der Waals surface area contributed by atoms with Crippen LogP contribution < -0.4 is 0 Å². The van der Waals surface area contributed by atoms with Crippen LogP contribution in [-0.4, -0.2) is 11.1 Å². The van der Waals surface area contributed by atoms with Gasteiger partial charge in [0.1, 0.15) is 0 Å². The number of non-ortho nitro benzene ring substituents is 1. The van der Waals surface area contributed by atoms with E-state index in [1.807, 2.05) is 0 Å². The summed E-state index contributed by atoms with van der Waals surface area (Å²) in [4.78, 5) is 14.3. The first-order chi connectivity index (χ1) is 9.47. The molecule has 102 valence electrons. The van der Waals surface area contributed by atoms with Crippen molar-refractivity contribution in [2.75, 3.05) is 0 Å². The summed E-state index contributed by atoms with van der Waals surface area (Å²) in [5, 5.41) is 11.6. The molecule has 0 heterocycles. The molecule has 0 aliphatic carbocycles. The van der Waals surface area contributed by atoms with Crippen molar-refractivity contribution >= 4 is 52.4 Å². The lowest BCUT2D eigenvalue weighted by atomic mass is 10.2. The van der Waals surface area contributed by atoms with Gasteiger partial charge in [0, 0.05) is 18.3 Å². The van der Waals surface area contributed by atoms with Crippen molar-refractivity contribution < 1.29 is 4.92 Å². The van der Waals surface area contributed by atoms with Crippen LogP contribution in [0.25, 0.3) is 0 Å². The fraction of sp³-hybridized carbons (Fsp3) is 0. The van der Waals surface area contributed by atoms with E-state index in [-0.39, 0.29) is 5.69 Å². The highest BCUT2D eigenvalue weighted by atomic mass is 35.5. The number of nitro groups is 1. The van der Waals surface area contributed by atoms with E-state index < -0.39 is 4.92 Å². The Bertz CT molecular complexity index is 685. The Balaban J connectivity index is 2.25. The summed E-state index contributed by atoms with van der Waals surface area (Å²) in [6, 6.07) is 9.04. The predicted octanol–water partition coefficient (Wildman–Crippen LogP) is 5.31. The normalized spacial score (nSPS) is 10.9. The lowest BCUT2D eigenvalue weighted by Gasteiger charge is -2.01. The van der Waals surface area contributed by atoms with Gasteiger partial charge in [-0.1, -0.05) is 34.8 Å². The van der Waals surface area contributed by atoms with Gasteiger partial charge in [-0.3, -0.25) is 15.1 Å². The van der Waals surface area contributed by atoms with Gasteiger partial charge >= 0.3 is 0 Å². The highest BCUT2D eigenvalue weighted by Gasteiger charge is 2.05. The van der Waals surface area contributed by atoms with E-state index in [0.717, 1.165) is 0 Å². The molecule has 0 atom stereocenters. The zero-order chi connectivity index (χ0) is 14.7. The quantitative estimate of drug-likeness (QED) is 0.332. The molecule has 2 rings (SSSR count). The van der Waals surface area contributed by atoms with Gasteiger partial charge in [-0.2, -0.15) is 0 Å². The van der Waals surface area contributed by atoms with Crippen molar-refractivity contribution in [1.29, 1.82) is 0 Å². The van der Waals surface area contributed by atoms with Gasteiger partial charge in [0.25, 0.3) is 5.69 Å². The molecular weight excluding hydrogens is 323 g/mol. The third-order valence-corrected chi connectivity index (χ3v) is 3.47. The van der Waals surface area contributed by atoms with Crippen LogP contribution in [0.3, 0.4) is 0 Å². The van der Waals surface area contributed by atoms with Crippen LogP contribution in [0, 0.1) is 10.1 Å². The second kappa shape index (κ2) is 6.22. The minimum atomic E-state index is -0.462. The summed E-state index contributed by atoms with van der Waals surface area (Å²) in [5.74, 6) is 0. The van der Waals surface area contributed by atoms with Gasteiger partial charge in [-0.05, 0) is 29.8 Å². The highest BCUT2D eigenvalue weighted by Crippen LogP contribution is 2.33. The Labute approximate surface area is 129 Å². The number of nitro benzene ring substituents is 1. The molecule has 7 heteroatoms. The molecule has 0 saturated heterocycles. The molecule has 2 aromatic rings. The SMILES string of the molecule is O=[N+]([O-])c1ccc(C=Nc2cc(Cl)c(Cl)cc2Cl)cc1. The largest absolute Gasteiger partial charge is 0.269 e. The Kier molecular flexibility index (Phi) is 4.60. The first-order valence-corrected chi connectivity index (χ1v) is 6.54. The molecule has 0 aromatic heterocycles. The van der Waals surface area contributed by atoms with E-state index >= 15 is 0 Å². The first-order valence-electron chi connectivity index (χ1n) is 5.40. The lowest BCUT2D eigenvalue weighted by Crippen LogP contribution is -1.88. The molecule has 0 bridgehead atoms. The van der Waals surface area contributed by atoms with Crippen LogP contribution in [-0.2, 0) is 0 Å². The molecule has 0 aliphatic rings. The van der Waals surface area contributed by atoms with Crippen LogP contribution in [0.1, 0.15) is 5.56 Å². The number of nitrogens with zero attached hydrogens (tertiary/aromatic N) is 2. The smallest absolute Gasteiger partial charge is 0.258 e. The Morgan fingerprint density at radius 2 is 1.60 bits per heavy atom. The van der Waals surface area contributed by atoms with Gasteiger partial charge in [0.2, 0.25) is 0 Å². The predicted molar refractivity (Wildman–Crippen MR) is 81.8 cm³/mol. The third kappa shape index (κ3) is 3.48. The molecule has 0 saturated carbocycles. The van der Waals surface area contributed by atoms with Gasteiger partial charge < -0.3 is 0 Å². The highest BCUT2D eigenvalue weighted by molar-refractivity contribution is 6.43. The molecule has 0 fully saturated rings. The second-order valence-electron chi connectivity index (χ2n) is 3.82. The lowest BCUT2D eigenvalue weighted by molar-refractivity contribution is -0.384. The summed E-state index contributed by atoms with van der Waals surface area (Å²) in [6.45, 7) is 0. The number of hydrogen-bond acceptors (Lipinski definition) is 3. The standard InChI is InChI=1S/C13H7Cl3N2O2/c14-10-5-12(16)13(6-11(10)15)17-7-8-1-3-9(4-2-8)18(19)20/h1-7H. The van der Waals surface area contributed by atoms with Crippen LogP contribution in [0.15, 0.2) is 41.4 Å². The van der Waals surface area contributed by atoms with Crippen molar-refractivity contribution in [2.24, 2.45) is 4.99 Å². The van der Waals surface area contributed by atoms with Crippen molar-refractivity contribution in [3.8, 4) is 0 Å². The monoisotopic (exact) mass is 328 g/mol. The fourth-order valence-corrected chi connectivity index (χ4v) is 2.03. The van der Waals surface area contributed by atoms with Crippen LogP contribution in [0.4, 0.5) is 11.4 Å². The van der Waals surface area contributed by atoms with Gasteiger partial charge in [-0.15, -0.1) is 0 Å². The Morgan fingerprint density at radius 3 is 2.20 bits per heavy atom. The number of aliphatic imine (C=N–C) groups is 1. The summed E-state index contributed by atoms with van der Waals surface area (Å²) in [5.41, 5.74) is 1.20. The zero-order valence-electron chi connectivity index (χ0n) is 9.89. The summed E-state index contributed by atoms with van der Waals surface area (Å²) in [7, 11) is 0. The van der Waals surface area contributed by atoms with Crippen molar-refractivity contribution in [2.45, 2.75) is 0 Å². The zero-order valence-corrected chi connectivity index (χ0v) is 12.2. The first kappa shape index (κ1) is 14.8. The molecule has 2 aromatic carbocycles. The molecule has 20 heavy (non-hydrogen) atoms. The topological polar surface area (TPSA) is 55.5 Å². The maximum atomic E-state index is 10.5. The number of halogens is 3. The summed E-state index contributed by atoms with van der Waals surface area (Å²) in [6.07, 6.45) is 1.54.